The zero-order valence-corrected chi connectivity index (χ0v) is 17.5. The Kier molecular flexibility index (Phi) is 5.96. The van der Waals surface area contributed by atoms with E-state index >= 15 is 0 Å². The third-order valence-electron chi connectivity index (χ3n) is 5.35. The number of hydrogen-bond donors (Lipinski definition) is 1. The molecule has 1 amide bonds. The number of carbonyl (C=O) groups excluding carboxylic acids is 2. The molecule has 0 spiro atoms. The summed E-state index contributed by atoms with van der Waals surface area (Å²) < 4.78 is 12.5. The summed E-state index contributed by atoms with van der Waals surface area (Å²) in [6.45, 7) is 1.24. The van der Waals surface area contributed by atoms with Crippen LogP contribution in [0.3, 0.4) is 0 Å². The summed E-state index contributed by atoms with van der Waals surface area (Å²) in [5, 5.41) is 3.28. The second-order valence-electron chi connectivity index (χ2n) is 7.21. The van der Waals surface area contributed by atoms with Gasteiger partial charge in [0.05, 0.1) is 23.9 Å². The maximum absolute atomic E-state index is 13.0. The minimum Gasteiger partial charge on any atom is -0.464 e. The average molecular weight is 426 g/mol. The van der Waals surface area contributed by atoms with Crippen LogP contribution >= 0.6 is 11.3 Å². The Morgan fingerprint density at radius 3 is 2.53 bits per heavy atom. The van der Waals surface area contributed by atoms with Gasteiger partial charge in [-0.25, -0.2) is 9.78 Å². The Bertz CT molecular complexity index is 1010. The zero-order chi connectivity index (χ0) is 21.0. The van der Waals surface area contributed by atoms with Gasteiger partial charge in [-0.05, 0) is 30.5 Å². The molecule has 2 aromatic heterocycles. The number of carbonyl (C=O) groups is 2. The maximum Gasteiger partial charge on any atom is 0.358 e. The molecule has 3 heterocycles. The van der Waals surface area contributed by atoms with Crippen LogP contribution in [-0.4, -0.2) is 41.8 Å². The minimum absolute atomic E-state index is 0.143. The Labute approximate surface area is 178 Å². The number of nitrogens with zero attached hydrogens (tertiary/aromatic N) is 2. The highest BCUT2D eigenvalue weighted by atomic mass is 32.1. The van der Waals surface area contributed by atoms with Crippen molar-refractivity contribution in [2.24, 2.45) is 0 Å². The van der Waals surface area contributed by atoms with E-state index in [9.17, 15) is 9.59 Å². The SMILES string of the molecule is COC(=O)c1nc(NC(=O)CC2(n3cccc3)CCOCC2)sc1-c1ccccc1. The summed E-state index contributed by atoms with van der Waals surface area (Å²) in [5.74, 6) is -0.672. The van der Waals surface area contributed by atoms with Gasteiger partial charge in [-0.15, -0.1) is 0 Å². The molecule has 4 rings (SSSR count). The van der Waals surface area contributed by atoms with Gasteiger partial charge in [-0.2, -0.15) is 0 Å². The Hall–Kier alpha value is -2.97. The van der Waals surface area contributed by atoms with Crippen molar-refractivity contribution in [3.05, 3.63) is 60.6 Å². The second kappa shape index (κ2) is 8.81. The first kappa shape index (κ1) is 20.3. The van der Waals surface area contributed by atoms with Crippen LogP contribution < -0.4 is 5.32 Å². The van der Waals surface area contributed by atoms with E-state index in [0.29, 0.717) is 29.6 Å². The molecule has 0 saturated carbocycles. The Morgan fingerprint density at radius 2 is 1.87 bits per heavy atom. The maximum atomic E-state index is 13.0. The molecule has 0 aliphatic carbocycles. The summed E-state index contributed by atoms with van der Waals surface area (Å²) in [7, 11) is 1.32. The van der Waals surface area contributed by atoms with E-state index in [-0.39, 0.29) is 17.1 Å². The van der Waals surface area contributed by atoms with E-state index in [1.54, 1.807) is 0 Å². The lowest BCUT2D eigenvalue weighted by Crippen LogP contribution is -2.42. The zero-order valence-electron chi connectivity index (χ0n) is 16.7. The molecule has 30 heavy (non-hydrogen) atoms. The fourth-order valence-corrected chi connectivity index (χ4v) is 4.76. The fraction of sp³-hybridized carbons (Fsp3) is 0.318. The van der Waals surface area contributed by atoms with E-state index in [4.69, 9.17) is 9.47 Å². The highest BCUT2D eigenvalue weighted by Gasteiger charge is 2.36. The van der Waals surface area contributed by atoms with Crippen LogP contribution in [0.15, 0.2) is 54.9 Å². The summed E-state index contributed by atoms with van der Waals surface area (Å²) in [6, 6.07) is 13.4. The number of nitrogens with one attached hydrogen (secondary N) is 1. The van der Waals surface area contributed by atoms with Gasteiger partial charge >= 0.3 is 5.97 Å². The van der Waals surface area contributed by atoms with E-state index in [2.05, 4.69) is 14.9 Å². The smallest absolute Gasteiger partial charge is 0.358 e. The van der Waals surface area contributed by atoms with Gasteiger partial charge in [0, 0.05) is 25.6 Å². The van der Waals surface area contributed by atoms with Crippen molar-refractivity contribution in [1.29, 1.82) is 0 Å². The van der Waals surface area contributed by atoms with Crippen LogP contribution in [0.25, 0.3) is 10.4 Å². The van der Waals surface area contributed by atoms with Crippen molar-refractivity contribution in [3.63, 3.8) is 0 Å². The number of ether oxygens (including phenoxy) is 2. The topological polar surface area (TPSA) is 82.5 Å². The molecular weight excluding hydrogens is 402 g/mol. The second-order valence-corrected chi connectivity index (χ2v) is 8.21. The van der Waals surface area contributed by atoms with Crippen LogP contribution in [0.5, 0.6) is 0 Å². The summed E-state index contributed by atoms with van der Waals surface area (Å²) in [4.78, 5) is 30.2. The first-order chi connectivity index (χ1) is 14.6. The molecule has 8 heteroatoms. The van der Waals surface area contributed by atoms with Crippen LogP contribution in [-0.2, 0) is 19.8 Å². The molecule has 0 bridgehead atoms. The molecule has 1 fully saturated rings. The predicted molar refractivity (Wildman–Crippen MR) is 115 cm³/mol. The molecule has 1 N–H and O–H groups in total. The van der Waals surface area contributed by atoms with Gasteiger partial charge in [-0.1, -0.05) is 41.7 Å². The molecule has 7 nitrogen and oxygen atoms in total. The molecule has 0 unspecified atom stereocenters. The summed E-state index contributed by atoms with van der Waals surface area (Å²) in [6.07, 6.45) is 5.81. The largest absolute Gasteiger partial charge is 0.464 e. The van der Waals surface area contributed by atoms with Crippen molar-refractivity contribution in [3.8, 4) is 10.4 Å². The van der Waals surface area contributed by atoms with Crippen molar-refractivity contribution in [2.75, 3.05) is 25.6 Å². The lowest BCUT2D eigenvalue weighted by atomic mass is 9.86. The minimum atomic E-state index is -0.529. The molecule has 1 aliphatic heterocycles. The predicted octanol–water partition coefficient (Wildman–Crippen LogP) is 3.93. The van der Waals surface area contributed by atoms with Crippen LogP contribution in [0.1, 0.15) is 29.8 Å². The number of methoxy groups -OCH3 is 1. The summed E-state index contributed by atoms with van der Waals surface area (Å²) in [5.41, 5.74) is 0.732. The first-order valence-electron chi connectivity index (χ1n) is 9.77. The lowest BCUT2D eigenvalue weighted by Gasteiger charge is -2.38. The van der Waals surface area contributed by atoms with Crippen molar-refractivity contribution in [2.45, 2.75) is 24.8 Å². The standard InChI is InChI=1S/C22H23N3O4S/c1-28-20(27)18-19(16-7-3-2-4-8-16)30-21(24-18)23-17(26)15-22(9-13-29-14-10-22)25-11-5-6-12-25/h2-8,11-12H,9-10,13-15H2,1H3,(H,23,24,26). The molecule has 0 atom stereocenters. The molecule has 0 radical (unpaired) electrons. The quantitative estimate of drug-likeness (QED) is 0.605. The highest BCUT2D eigenvalue weighted by Crippen LogP contribution is 2.36. The number of benzene rings is 1. The number of hydrogen-bond acceptors (Lipinski definition) is 6. The van der Waals surface area contributed by atoms with Crippen molar-refractivity contribution in [1.82, 2.24) is 9.55 Å². The molecule has 1 aromatic carbocycles. The monoisotopic (exact) mass is 425 g/mol. The Balaban J connectivity index is 1.57. The summed E-state index contributed by atoms with van der Waals surface area (Å²) >= 11 is 1.27. The average Bonchev–Trinajstić information content (AvgIpc) is 3.45. The lowest BCUT2D eigenvalue weighted by molar-refractivity contribution is -0.119. The van der Waals surface area contributed by atoms with Crippen LogP contribution in [0.2, 0.25) is 0 Å². The highest BCUT2D eigenvalue weighted by molar-refractivity contribution is 7.19. The number of anilines is 1. The van der Waals surface area contributed by atoms with Crippen molar-refractivity contribution >= 4 is 28.3 Å². The van der Waals surface area contributed by atoms with E-state index in [1.807, 2.05) is 54.9 Å². The normalized spacial score (nSPS) is 15.5. The van der Waals surface area contributed by atoms with E-state index in [1.165, 1.54) is 18.4 Å². The van der Waals surface area contributed by atoms with Gasteiger partial charge in [0.15, 0.2) is 10.8 Å². The van der Waals surface area contributed by atoms with Crippen LogP contribution in [0.4, 0.5) is 5.13 Å². The van der Waals surface area contributed by atoms with E-state index in [0.717, 1.165) is 18.4 Å². The van der Waals surface area contributed by atoms with Gasteiger partial charge in [0.2, 0.25) is 5.91 Å². The third kappa shape index (κ3) is 4.15. The Morgan fingerprint density at radius 1 is 1.17 bits per heavy atom. The first-order valence-corrected chi connectivity index (χ1v) is 10.6. The number of aromatic nitrogens is 2. The number of thiazole rings is 1. The molecule has 156 valence electrons. The molecule has 3 aromatic rings. The van der Waals surface area contributed by atoms with Gasteiger partial charge < -0.3 is 19.4 Å². The molecule has 1 saturated heterocycles. The van der Waals surface area contributed by atoms with Gasteiger partial charge in [0.25, 0.3) is 0 Å². The van der Waals surface area contributed by atoms with Crippen molar-refractivity contribution < 1.29 is 19.1 Å². The number of rotatable bonds is 6. The molecule has 1 aliphatic rings. The number of esters is 1. The van der Waals surface area contributed by atoms with Gasteiger partial charge in [0.1, 0.15) is 0 Å². The van der Waals surface area contributed by atoms with Gasteiger partial charge in [-0.3, -0.25) is 4.79 Å². The number of amides is 1. The fourth-order valence-electron chi connectivity index (χ4n) is 3.78. The van der Waals surface area contributed by atoms with Crippen LogP contribution in [0, 0.1) is 0 Å². The van der Waals surface area contributed by atoms with E-state index < -0.39 is 5.97 Å². The molecular formula is C22H23N3O4S. The third-order valence-corrected chi connectivity index (χ3v) is 6.37.